The van der Waals surface area contributed by atoms with Gasteiger partial charge >= 0.3 is 0 Å². The Morgan fingerprint density at radius 1 is 1.19 bits per heavy atom. The molecule has 146 valence electrons. The first-order valence-electron chi connectivity index (χ1n) is 10.8. The Bertz CT molecular complexity index is 516. The van der Waals surface area contributed by atoms with Crippen molar-refractivity contribution in [2.75, 3.05) is 13.2 Å². The van der Waals surface area contributed by atoms with Crippen molar-refractivity contribution >= 4 is 5.78 Å². The van der Waals surface area contributed by atoms with Crippen molar-refractivity contribution < 1.29 is 9.53 Å². The summed E-state index contributed by atoms with van der Waals surface area (Å²) in [6, 6.07) is 0. The molecule has 0 bridgehead atoms. The maximum Gasteiger partial charge on any atom is 0.166 e. The van der Waals surface area contributed by atoms with Crippen LogP contribution in [0.2, 0.25) is 0 Å². The first-order valence-corrected chi connectivity index (χ1v) is 10.8. The van der Waals surface area contributed by atoms with Crippen LogP contribution in [0.5, 0.6) is 0 Å². The second-order valence-electron chi connectivity index (χ2n) is 8.34. The molecule has 26 heavy (non-hydrogen) atoms. The summed E-state index contributed by atoms with van der Waals surface area (Å²) in [7, 11) is 0. The quantitative estimate of drug-likeness (QED) is 0.475. The standard InChI is InChI=1S/C24H38O2/c1-4-8-21(19(2)3)11-5-9-20-10-6-12-22(15-14-20)24(25)23-13-7-17-26-18-16-23/h6,12,14-15,19,21,23H,4-5,7-11,13,16-18H2,1-3H3. The SMILES string of the molecule is CCCC(CCCC1=CC=C(C(=O)C2CCCOCC2)C=CC1)C(C)C. The Hall–Kier alpha value is -1.15. The monoisotopic (exact) mass is 358 g/mol. The van der Waals surface area contributed by atoms with E-state index in [2.05, 4.69) is 39.0 Å². The fourth-order valence-corrected chi connectivity index (χ4v) is 4.19. The third-order valence-corrected chi connectivity index (χ3v) is 5.96. The van der Waals surface area contributed by atoms with E-state index in [0.29, 0.717) is 5.78 Å². The molecule has 1 fully saturated rings. The fourth-order valence-electron chi connectivity index (χ4n) is 4.19. The molecule has 0 saturated carbocycles. The van der Waals surface area contributed by atoms with Gasteiger partial charge in [0.15, 0.2) is 5.78 Å². The molecule has 1 heterocycles. The molecule has 0 aromatic carbocycles. The van der Waals surface area contributed by atoms with Gasteiger partial charge in [0.05, 0.1) is 0 Å². The van der Waals surface area contributed by atoms with Crippen LogP contribution < -0.4 is 0 Å². The van der Waals surface area contributed by atoms with Gasteiger partial charge in [-0.1, -0.05) is 63.5 Å². The van der Waals surface area contributed by atoms with E-state index >= 15 is 0 Å². The normalized spacial score (nSPS) is 22.4. The summed E-state index contributed by atoms with van der Waals surface area (Å²) in [5.74, 6) is 2.09. The molecule has 0 spiro atoms. The maximum atomic E-state index is 12.8. The molecule has 2 heteroatoms. The molecule has 2 atom stereocenters. The molecule has 0 N–H and O–H groups in total. The second kappa shape index (κ2) is 11.5. The highest BCUT2D eigenvalue weighted by Gasteiger charge is 2.22. The molecule has 0 aromatic rings. The number of ether oxygens (including phenoxy) is 1. The summed E-state index contributed by atoms with van der Waals surface area (Å²) in [6.07, 6.45) is 18.7. The van der Waals surface area contributed by atoms with E-state index in [1.165, 1.54) is 31.3 Å². The number of ketones is 1. The highest BCUT2D eigenvalue weighted by Crippen LogP contribution is 2.27. The van der Waals surface area contributed by atoms with E-state index < -0.39 is 0 Å². The summed E-state index contributed by atoms with van der Waals surface area (Å²) in [5.41, 5.74) is 2.35. The lowest BCUT2D eigenvalue weighted by Crippen LogP contribution is -2.16. The largest absolute Gasteiger partial charge is 0.381 e. The van der Waals surface area contributed by atoms with Crippen molar-refractivity contribution in [3.05, 3.63) is 35.5 Å². The molecule has 2 nitrogen and oxygen atoms in total. The lowest BCUT2D eigenvalue weighted by molar-refractivity contribution is -0.119. The molecule has 2 aliphatic rings. The molecular weight excluding hydrogens is 320 g/mol. The molecule has 0 radical (unpaired) electrons. The molecule has 1 aliphatic carbocycles. The Kier molecular flexibility index (Phi) is 9.39. The van der Waals surface area contributed by atoms with Gasteiger partial charge in [0.25, 0.3) is 0 Å². The van der Waals surface area contributed by atoms with E-state index in [-0.39, 0.29) is 5.92 Å². The molecule has 2 rings (SSSR count). The van der Waals surface area contributed by atoms with Crippen molar-refractivity contribution in [2.45, 2.75) is 78.6 Å². The van der Waals surface area contributed by atoms with Crippen molar-refractivity contribution in [2.24, 2.45) is 17.8 Å². The summed E-state index contributed by atoms with van der Waals surface area (Å²) in [6.45, 7) is 8.53. The Labute approximate surface area is 160 Å². The van der Waals surface area contributed by atoms with Crippen molar-refractivity contribution in [3.8, 4) is 0 Å². The summed E-state index contributed by atoms with van der Waals surface area (Å²) < 4.78 is 5.50. The molecule has 0 amide bonds. The highest BCUT2D eigenvalue weighted by molar-refractivity contribution is 6.00. The lowest BCUT2D eigenvalue weighted by atomic mass is 9.86. The zero-order valence-corrected chi connectivity index (χ0v) is 17.1. The number of hydrogen-bond acceptors (Lipinski definition) is 2. The van der Waals surface area contributed by atoms with Crippen molar-refractivity contribution in [1.29, 1.82) is 0 Å². The number of allylic oxidation sites excluding steroid dienone is 6. The van der Waals surface area contributed by atoms with Crippen LogP contribution in [-0.2, 0) is 9.53 Å². The highest BCUT2D eigenvalue weighted by atomic mass is 16.5. The zero-order valence-electron chi connectivity index (χ0n) is 17.1. The van der Waals surface area contributed by atoms with Crippen LogP contribution in [-0.4, -0.2) is 19.0 Å². The second-order valence-corrected chi connectivity index (χ2v) is 8.34. The van der Waals surface area contributed by atoms with E-state index in [1.54, 1.807) is 0 Å². The molecule has 0 aromatic heterocycles. The van der Waals surface area contributed by atoms with E-state index in [4.69, 9.17) is 4.74 Å². The number of carbonyl (C=O) groups is 1. The van der Waals surface area contributed by atoms with Crippen LogP contribution in [0.4, 0.5) is 0 Å². The first-order chi connectivity index (χ1) is 12.6. The van der Waals surface area contributed by atoms with Crippen LogP contribution >= 0.6 is 0 Å². The van der Waals surface area contributed by atoms with Crippen LogP contribution in [0.1, 0.15) is 78.6 Å². The minimum atomic E-state index is 0.143. The third kappa shape index (κ3) is 6.87. The Morgan fingerprint density at radius 2 is 2.04 bits per heavy atom. The van der Waals surface area contributed by atoms with Gasteiger partial charge in [-0.15, -0.1) is 0 Å². The molecule has 1 saturated heterocycles. The smallest absolute Gasteiger partial charge is 0.166 e. The van der Waals surface area contributed by atoms with Gasteiger partial charge in [-0.2, -0.15) is 0 Å². The van der Waals surface area contributed by atoms with E-state index in [9.17, 15) is 4.79 Å². The minimum absolute atomic E-state index is 0.143. The number of hydrogen-bond donors (Lipinski definition) is 0. The van der Waals surface area contributed by atoms with Crippen molar-refractivity contribution in [3.63, 3.8) is 0 Å². The summed E-state index contributed by atoms with van der Waals surface area (Å²) in [4.78, 5) is 12.8. The van der Waals surface area contributed by atoms with E-state index in [0.717, 1.165) is 62.7 Å². The van der Waals surface area contributed by atoms with Crippen LogP contribution in [0.15, 0.2) is 35.5 Å². The van der Waals surface area contributed by atoms with Gasteiger partial charge < -0.3 is 4.74 Å². The summed E-state index contributed by atoms with van der Waals surface area (Å²) in [5, 5.41) is 0. The predicted molar refractivity (Wildman–Crippen MR) is 110 cm³/mol. The molecule has 2 unspecified atom stereocenters. The van der Waals surface area contributed by atoms with Gasteiger partial charge in [0, 0.05) is 24.7 Å². The van der Waals surface area contributed by atoms with Crippen molar-refractivity contribution in [1.82, 2.24) is 0 Å². The average molecular weight is 359 g/mol. The Morgan fingerprint density at radius 3 is 2.81 bits per heavy atom. The van der Waals surface area contributed by atoms with Gasteiger partial charge in [-0.05, 0) is 56.8 Å². The number of rotatable bonds is 9. The van der Waals surface area contributed by atoms with Crippen LogP contribution in [0.25, 0.3) is 0 Å². The van der Waals surface area contributed by atoms with Gasteiger partial charge in [0.2, 0.25) is 0 Å². The maximum absolute atomic E-state index is 12.8. The first kappa shape index (κ1) is 21.2. The van der Waals surface area contributed by atoms with Crippen LogP contribution in [0.3, 0.4) is 0 Å². The fraction of sp³-hybridized carbons (Fsp3) is 0.708. The van der Waals surface area contributed by atoms with E-state index in [1.807, 2.05) is 6.08 Å². The summed E-state index contributed by atoms with van der Waals surface area (Å²) >= 11 is 0. The lowest BCUT2D eigenvalue weighted by Gasteiger charge is -2.20. The number of Topliss-reactive ketones (excluding diaryl/α,β-unsaturated/α-hetero) is 1. The van der Waals surface area contributed by atoms with Crippen LogP contribution in [0, 0.1) is 17.8 Å². The Balaban J connectivity index is 1.88. The molecular formula is C24H38O2. The number of carbonyl (C=O) groups excluding carboxylic acids is 1. The predicted octanol–water partition coefficient (Wildman–Crippen LogP) is 6.43. The zero-order chi connectivity index (χ0) is 18.8. The molecule has 1 aliphatic heterocycles. The topological polar surface area (TPSA) is 26.3 Å². The minimum Gasteiger partial charge on any atom is -0.381 e. The van der Waals surface area contributed by atoms with Gasteiger partial charge in [0.1, 0.15) is 0 Å². The average Bonchev–Trinajstić information content (AvgIpc) is 3.03. The third-order valence-electron chi connectivity index (χ3n) is 5.96. The van der Waals surface area contributed by atoms with Gasteiger partial charge in [-0.25, -0.2) is 0 Å². The van der Waals surface area contributed by atoms with Gasteiger partial charge in [-0.3, -0.25) is 4.79 Å².